The number of hydrogen-bond donors (Lipinski definition) is 1. The van der Waals surface area contributed by atoms with Crippen LogP contribution in [0, 0.1) is 6.92 Å². The van der Waals surface area contributed by atoms with Gasteiger partial charge in [-0.25, -0.2) is 0 Å². The van der Waals surface area contributed by atoms with Crippen LogP contribution in [-0.2, 0) is 4.79 Å². The highest BCUT2D eigenvalue weighted by Gasteiger charge is 2.29. The summed E-state index contributed by atoms with van der Waals surface area (Å²) in [5, 5.41) is 0. The molecule has 0 fully saturated rings. The summed E-state index contributed by atoms with van der Waals surface area (Å²) in [6, 6.07) is 1.32. The number of ketones is 2. The number of aromatic amines is 1. The van der Waals surface area contributed by atoms with Crippen molar-refractivity contribution in [2.24, 2.45) is 0 Å². The van der Waals surface area contributed by atoms with E-state index in [1.165, 1.54) is 12.1 Å². The summed E-state index contributed by atoms with van der Waals surface area (Å²) >= 11 is 0. The van der Waals surface area contributed by atoms with Crippen LogP contribution in [-0.4, -0.2) is 35.5 Å². The lowest BCUT2D eigenvalue weighted by molar-refractivity contribution is -0.111. The smallest absolute Gasteiger partial charge is 0.239 e. The molecule has 0 aromatic carbocycles. The monoisotopic (exact) mass is 232 g/mol. The number of fused-ring (bicyclic) bond motifs is 1. The zero-order valence-corrected chi connectivity index (χ0v) is 9.83. The molecule has 0 atom stereocenters. The van der Waals surface area contributed by atoms with Crippen molar-refractivity contribution < 1.29 is 9.59 Å². The fraction of sp³-hybridized carbons (Fsp3) is 0.250. The molecule has 0 saturated carbocycles. The maximum absolute atomic E-state index is 11.8. The average molecular weight is 232 g/mol. The molecule has 1 N–H and O–H groups in total. The Morgan fingerprint density at radius 1 is 1.18 bits per heavy atom. The van der Waals surface area contributed by atoms with Gasteiger partial charge in [0.05, 0.1) is 17.0 Å². The van der Waals surface area contributed by atoms with Crippen LogP contribution < -0.4 is 5.43 Å². The largest absolute Gasteiger partial charge is 0.376 e. The predicted octanol–water partition coefficient (Wildman–Crippen LogP) is 0.351. The van der Waals surface area contributed by atoms with Gasteiger partial charge in [0.15, 0.2) is 5.43 Å². The first-order chi connectivity index (χ1) is 7.91. The van der Waals surface area contributed by atoms with Gasteiger partial charge < -0.3 is 9.88 Å². The van der Waals surface area contributed by atoms with Gasteiger partial charge in [-0.15, -0.1) is 0 Å². The highest BCUT2D eigenvalue weighted by molar-refractivity contribution is 6.50. The lowest BCUT2D eigenvalue weighted by Crippen LogP contribution is -2.31. The first-order valence-electron chi connectivity index (χ1n) is 5.14. The number of Topliss-reactive ketones (excluding diaryl/α,β-unsaturated/α-hetero) is 1. The van der Waals surface area contributed by atoms with E-state index in [0.717, 1.165) is 0 Å². The summed E-state index contributed by atoms with van der Waals surface area (Å²) in [5.41, 5.74) is 1.15. The van der Waals surface area contributed by atoms with Crippen molar-refractivity contribution in [1.82, 2.24) is 9.88 Å². The number of rotatable bonds is 1. The van der Waals surface area contributed by atoms with Crippen LogP contribution in [0.15, 0.2) is 16.9 Å². The SMILES string of the molecule is Cc1cc(=O)c2c([nH]1)C(N(C)C)=CC(=O)C2=O. The van der Waals surface area contributed by atoms with Crippen LogP contribution in [0.4, 0.5) is 0 Å². The van der Waals surface area contributed by atoms with Gasteiger partial charge in [0, 0.05) is 31.9 Å². The van der Waals surface area contributed by atoms with Crippen LogP contribution in [0.1, 0.15) is 21.7 Å². The number of allylic oxidation sites excluding steroid dienone is 1. The number of aromatic nitrogens is 1. The van der Waals surface area contributed by atoms with Gasteiger partial charge in [0.1, 0.15) is 0 Å². The van der Waals surface area contributed by atoms with Crippen LogP contribution >= 0.6 is 0 Å². The van der Waals surface area contributed by atoms with Crippen LogP contribution in [0.2, 0.25) is 0 Å². The van der Waals surface area contributed by atoms with Gasteiger partial charge in [0.2, 0.25) is 11.6 Å². The molecule has 5 nitrogen and oxygen atoms in total. The van der Waals surface area contributed by atoms with Crippen molar-refractivity contribution in [2.45, 2.75) is 6.92 Å². The molecule has 0 saturated heterocycles. The summed E-state index contributed by atoms with van der Waals surface area (Å²) in [4.78, 5) is 39.6. The second kappa shape index (κ2) is 3.69. The fourth-order valence-electron chi connectivity index (χ4n) is 1.84. The molecule has 88 valence electrons. The molecule has 17 heavy (non-hydrogen) atoms. The second-order valence-corrected chi connectivity index (χ2v) is 4.18. The number of nitrogens with zero attached hydrogens (tertiary/aromatic N) is 1. The van der Waals surface area contributed by atoms with E-state index < -0.39 is 17.0 Å². The normalized spacial score (nSPS) is 14.4. The molecule has 0 radical (unpaired) electrons. The highest BCUT2D eigenvalue weighted by Crippen LogP contribution is 2.22. The van der Waals surface area contributed by atoms with E-state index in [1.54, 1.807) is 25.9 Å². The third kappa shape index (κ3) is 1.69. The maximum atomic E-state index is 11.8. The van der Waals surface area contributed by atoms with Gasteiger partial charge in [-0.05, 0) is 6.92 Å². The van der Waals surface area contributed by atoms with Crippen molar-refractivity contribution in [3.63, 3.8) is 0 Å². The van der Waals surface area contributed by atoms with Crippen LogP contribution in [0.5, 0.6) is 0 Å². The summed E-state index contributed by atoms with van der Waals surface area (Å²) in [7, 11) is 3.50. The summed E-state index contributed by atoms with van der Waals surface area (Å²) < 4.78 is 0. The van der Waals surface area contributed by atoms with E-state index in [-0.39, 0.29) is 5.56 Å². The second-order valence-electron chi connectivity index (χ2n) is 4.18. The topological polar surface area (TPSA) is 70.2 Å². The Morgan fingerprint density at radius 3 is 2.41 bits per heavy atom. The molecule has 1 heterocycles. The van der Waals surface area contributed by atoms with Crippen molar-refractivity contribution in [3.8, 4) is 0 Å². The van der Waals surface area contributed by atoms with Crippen LogP contribution in [0.25, 0.3) is 5.70 Å². The molecule has 1 aromatic heterocycles. The number of pyridine rings is 1. The van der Waals surface area contributed by atoms with Crippen molar-refractivity contribution >= 4 is 17.3 Å². The van der Waals surface area contributed by atoms with E-state index >= 15 is 0 Å². The highest BCUT2D eigenvalue weighted by atomic mass is 16.2. The van der Waals surface area contributed by atoms with Gasteiger partial charge in [-0.1, -0.05) is 0 Å². The quantitative estimate of drug-likeness (QED) is 0.709. The minimum Gasteiger partial charge on any atom is -0.376 e. The third-order valence-corrected chi connectivity index (χ3v) is 2.62. The Bertz CT molecular complexity index is 609. The standard InChI is InChI=1S/C12H12N2O3/c1-6-4-8(15)10-11(13-6)7(14(2)3)5-9(16)12(10)17/h4-5H,1-3H3,(H,13,15). The zero-order chi connectivity index (χ0) is 12.7. The van der Waals surface area contributed by atoms with E-state index in [1.807, 2.05) is 0 Å². The van der Waals surface area contributed by atoms with Gasteiger partial charge in [0.25, 0.3) is 0 Å². The molecule has 1 aliphatic carbocycles. The van der Waals surface area contributed by atoms with E-state index in [2.05, 4.69) is 4.98 Å². The first kappa shape index (κ1) is 11.3. The molecule has 1 aliphatic rings. The molecule has 0 unspecified atom stereocenters. The summed E-state index contributed by atoms with van der Waals surface area (Å²) in [6.07, 6.45) is 1.25. The van der Waals surface area contributed by atoms with Crippen molar-refractivity contribution in [1.29, 1.82) is 0 Å². The third-order valence-electron chi connectivity index (χ3n) is 2.62. The molecule has 1 aromatic rings. The summed E-state index contributed by atoms with van der Waals surface area (Å²) in [6.45, 7) is 1.73. The zero-order valence-electron chi connectivity index (χ0n) is 9.83. The van der Waals surface area contributed by atoms with Crippen molar-refractivity contribution in [3.05, 3.63) is 39.3 Å². The first-order valence-corrected chi connectivity index (χ1v) is 5.14. The molecule has 2 rings (SSSR count). The molecule has 0 spiro atoms. The molecule has 0 amide bonds. The Labute approximate surface area is 97.8 Å². The molecule has 0 bridgehead atoms. The number of H-pyrrole nitrogens is 1. The number of aryl methyl sites for hydroxylation is 1. The minimum absolute atomic E-state index is 0.0631. The Kier molecular flexibility index (Phi) is 2.46. The molecular weight excluding hydrogens is 220 g/mol. The maximum Gasteiger partial charge on any atom is 0.239 e. The fourth-order valence-corrected chi connectivity index (χ4v) is 1.84. The van der Waals surface area contributed by atoms with Gasteiger partial charge >= 0.3 is 0 Å². The number of carbonyl (C=O) groups is 2. The number of carbonyl (C=O) groups excluding carboxylic acids is 2. The van der Waals surface area contributed by atoms with E-state index in [4.69, 9.17) is 0 Å². The summed E-state index contributed by atoms with van der Waals surface area (Å²) in [5.74, 6) is -1.40. The van der Waals surface area contributed by atoms with Gasteiger partial charge in [-0.2, -0.15) is 0 Å². The van der Waals surface area contributed by atoms with Crippen molar-refractivity contribution in [2.75, 3.05) is 14.1 Å². The Morgan fingerprint density at radius 2 is 1.82 bits per heavy atom. The van der Waals surface area contributed by atoms with Crippen LogP contribution in [0.3, 0.4) is 0 Å². The lowest BCUT2D eigenvalue weighted by Gasteiger charge is -2.22. The number of nitrogens with one attached hydrogen (secondary N) is 1. The number of hydrogen-bond acceptors (Lipinski definition) is 4. The van der Waals surface area contributed by atoms with Gasteiger partial charge in [-0.3, -0.25) is 14.4 Å². The van der Waals surface area contributed by atoms with E-state index in [9.17, 15) is 14.4 Å². The predicted molar refractivity (Wildman–Crippen MR) is 62.8 cm³/mol. The van der Waals surface area contributed by atoms with E-state index in [0.29, 0.717) is 17.1 Å². The Balaban J connectivity index is 2.82. The average Bonchev–Trinajstić information content (AvgIpc) is 2.21. The Hall–Kier alpha value is -2.17. The molecular formula is C12H12N2O3. The minimum atomic E-state index is -0.744. The lowest BCUT2D eigenvalue weighted by atomic mass is 9.96. The molecule has 5 heteroatoms. The molecule has 0 aliphatic heterocycles.